The molecule has 0 amide bonds. The maximum atomic E-state index is 13.0. The van der Waals surface area contributed by atoms with Crippen molar-refractivity contribution in [3.63, 3.8) is 0 Å². The van der Waals surface area contributed by atoms with Crippen LogP contribution >= 0.6 is 0 Å². The zero-order chi connectivity index (χ0) is 46.1. The first-order chi connectivity index (χ1) is 31.7. The first-order valence-electron chi connectivity index (χ1n) is 21.4. The number of esters is 5. The maximum absolute atomic E-state index is 13.0. The Labute approximate surface area is 379 Å². The monoisotopic (exact) mass is 880 g/mol. The van der Waals surface area contributed by atoms with Crippen molar-refractivity contribution < 1.29 is 57.1 Å². The summed E-state index contributed by atoms with van der Waals surface area (Å²) in [5, 5.41) is 0. The van der Waals surface area contributed by atoms with E-state index in [0.717, 1.165) is 74.5 Å². The van der Waals surface area contributed by atoms with Crippen LogP contribution < -0.4 is 23.7 Å². The quantitative estimate of drug-likeness (QED) is 0.0130. The fourth-order valence-corrected chi connectivity index (χ4v) is 6.09. The van der Waals surface area contributed by atoms with Crippen LogP contribution in [0.4, 0.5) is 0 Å². The van der Waals surface area contributed by atoms with E-state index < -0.39 is 23.9 Å². The molecule has 5 aromatic rings. The van der Waals surface area contributed by atoms with E-state index >= 15 is 0 Å². The second kappa shape index (κ2) is 26.7. The standard InChI is InChI=1S/C53H52O12/c1-3-49(54)62-37-12-8-7-11-36-60-44-29-21-40(22-30-44)18-17-39-19-23-41(24-20-39)52(57)64-47-14-13-15-48(38-47)65-53(58)43-27-25-42(26-28-43)51(56)63-46-33-31-45(32-34-46)61-35-10-6-5-9-16-50(55)59-4-2/h3-4,13-15,17-34,38H,1-2,5-12,16,35-37H2/b18-17+. The first kappa shape index (κ1) is 48.3. The second-order valence-electron chi connectivity index (χ2n) is 14.5. The average Bonchev–Trinajstić information content (AvgIpc) is 3.32. The van der Waals surface area contributed by atoms with Crippen LogP contribution in [0.3, 0.4) is 0 Å². The molecule has 336 valence electrons. The Kier molecular flexibility index (Phi) is 19.8. The summed E-state index contributed by atoms with van der Waals surface area (Å²) in [4.78, 5) is 61.1. The molecule has 0 aliphatic rings. The van der Waals surface area contributed by atoms with Gasteiger partial charge < -0.3 is 33.2 Å². The molecule has 0 saturated carbocycles. The summed E-state index contributed by atoms with van der Waals surface area (Å²) >= 11 is 0. The Morgan fingerprint density at radius 3 is 1.35 bits per heavy atom. The average molecular weight is 881 g/mol. The number of carbonyl (C=O) groups excluding carboxylic acids is 5. The molecule has 0 aliphatic heterocycles. The minimum Gasteiger partial charge on any atom is -0.494 e. The van der Waals surface area contributed by atoms with Crippen LogP contribution in [-0.4, -0.2) is 49.7 Å². The number of unbranched alkanes of at least 4 members (excludes halogenated alkanes) is 6. The van der Waals surface area contributed by atoms with Gasteiger partial charge in [0.25, 0.3) is 0 Å². The van der Waals surface area contributed by atoms with Crippen molar-refractivity contribution >= 4 is 42.0 Å². The molecule has 0 radical (unpaired) electrons. The third-order valence-corrected chi connectivity index (χ3v) is 9.59. The van der Waals surface area contributed by atoms with Crippen molar-refractivity contribution in [1.29, 1.82) is 0 Å². The van der Waals surface area contributed by atoms with Gasteiger partial charge in [0, 0.05) is 18.6 Å². The van der Waals surface area contributed by atoms with E-state index in [-0.39, 0.29) is 28.6 Å². The summed E-state index contributed by atoms with van der Waals surface area (Å²) in [6.45, 7) is 8.27. The number of rotatable bonds is 26. The molecule has 0 unspecified atom stereocenters. The number of carbonyl (C=O) groups is 5. The van der Waals surface area contributed by atoms with Gasteiger partial charge in [-0.15, -0.1) is 0 Å². The molecule has 12 nitrogen and oxygen atoms in total. The Hall–Kier alpha value is -7.73. The lowest BCUT2D eigenvalue weighted by atomic mass is 10.1. The van der Waals surface area contributed by atoms with E-state index in [1.807, 2.05) is 48.6 Å². The van der Waals surface area contributed by atoms with Crippen molar-refractivity contribution in [2.75, 3.05) is 19.8 Å². The second-order valence-corrected chi connectivity index (χ2v) is 14.5. The highest BCUT2D eigenvalue weighted by Crippen LogP contribution is 2.24. The summed E-state index contributed by atoms with van der Waals surface area (Å²) < 4.78 is 37.9. The van der Waals surface area contributed by atoms with Crippen LogP contribution in [0.25, 0.3) is 12.2 Å². The summed E-state index contributed by atoms with van der Waals surface area (Å²) in [7, 11) is 0. The number of hydrogen-bond donors (Lipinski definition) is 0. The van der Waals surface area contributed by atoms with Gasteiger partial charge in [-0.2, -0.15) is 0 Å². The molecule has 5 aromatic carbocycles. The molecule has 65 heavy (non-hydrogen) atoms. The molecule has 0 fully saturated rings. The van der Waals surface area contributed by atoms with E-state index in [9.17, 15) is 24.0 Å². The largest absolute Gasteiger partial charge is 0.494 e. The number of benzene rings is 5. The molecular weight excluding hydrogens is 829 g/mol. The minimum atomic E-state index is -0.671. The van der Waals surface area contributed by atoms with Crippen molar-refractivity contribution in [3.05, 3.63) is 175 Å². The Balaban J connectivity index is 0.999. The van der Waals surface area contributed by atoms with Gasteiger partial charge in [0.15, 0.2) is 0 Å². The van der Waals surface area contributed by atoms with Crippen molar-refractivity contribution in [3.8, 4) is 28.7 Å². The third-order valence-electron chi connectivity index (χ3n) is 9.59. The van der Waals surface area contributed by atoms with Crippen molar-refractivity contribution in [1.82, 2.24) is 0 Å². The topological polar surface area (TPSA) is 150 Å². The highest BCUT2D eigenvalue weighted by atomic mass is 16.6. The van der Waals surface area contributed by atoms with E-state index in [1.54, 1.807) is 54.6 Å². The van der Waals surface area contributed by atoms with Gasteiger partial charge in [0.2, 0.25) is 0 Å². The van der Waals surface area contributed by atoms with E-state index in [4.69, 9.17) is 33.2 Å². The number of hydrogen-bond acceptors (Lipinski definition) is 12. The fourth-order valence-electron chi connectivity index (χ4n) is 6.09. The lowest BCUT2D eigenvalue weighted by Gasteiger charge is -2.09. The van der Waals surface area contributed by atoms with E-state index in [0.29, 0.717) is 43.3 Å². The van der Waals surface area contributed by atoms with Crippen LogP contribution in [0.15, 0.2) is 147 Å². The predicted molar refractivity (Wildman–Crippen MR) is 246 cm³/mol. The van der Waals surface area contributed by atoms with Crippen LogP contribution in [0.1, 0.15) is 100.0 Å². The number of ether oxygens (including phenoxy) is 7. The van der Waals surface area contributed by atoms with Gasteiger partial charge in [-0.25, -0.2) is 19.2 Å². The van der Waals surface area contributed by atoms with Crippen LogP contribution in [0, 0.1) is 0 Å². The molecule has 0 heterocycles. The van der Waals surface area contributed by atoms with Gasteiger partial charge in [-0.1, -0.05) is 68.5 Å². The molecular formula is C53H52O12. The predicted octanol–water partition coefficient (Wildman–Crippen LogP) is 11.2. The van der Waals surface area contributed by atoms with Gasteiger partial charge in [0.05, 0.1) is 42.8 Å². The smallest absolute Gasteiger partial charge is 0.343 e. The molecule has 0 atom stereocenters. The van der Waals surface area contributed by atoms with Crippen molar-refractivity contribution in [2.45, 2.75) is 57.8 Å². The molecule has 0 aliphatic carbocycles. The van der Waals surface area contributed by atoms with Gasteiger partial charge in [0.1, 0.15) is 28.7 Å². The molecule has 0 bridgehead atoms. The summed E-state index contributed by atoms with van der Waals surface area (Å²) in [6, 6.07) is 33.5. The van der Waals surface area contributed by atoms with E-state index in [1.165, 1.54) is 36.4 Å². The van der Waals surface area contributed by atoms with Crippen LogP contribution in [-0.2, 0) is 19.1 Å². The van der Waals surface area contributed by atoms with Crippen LogP contribution in [0.5, 0.6) is 28.7 Å². The molecule has 12 heteroatoms. The third kappa shape index (κ3) is 17.5. The maximum Gasteiger partial charge on any atom is 0.343 e. The van der Waals surface area contributed by atoms with Crippen LogP contribution in [0.2, 0.25) is 0 Å². The minimum absolute atomic E-state index is 0.164. The summed E-state index contributed by atoms with van der Waals surface area (Å²) in [6.07, 6.45) is 13.6. The Morgan fingerprint density at radius 2 is 0.862 bits per heavy atom. The lowest BCUT2D eigenvalue weighted by molar-refractivity contribution is -0.138. The SMILES string of the molecule is C=COC(=O)CCCCCCOc1ccc(OC(=O)c2ccc(C(=O)Oc3cccc(OC(=O)c4ccc(/C=C/c5ccc(OCCCCCCOC(=O)C=C)cc5)cc4)c3)cc2)cc1. The Bertz CT molecular complexity index is 2360. The normalized spacial score (nSPS) is 10.6. The lowest BCUT2D eigenvalue weighted by Crippen LogP contribution is -2.12. The van der Waals surface area contributed by atoms with Gasteiger partial charge in [-0.05, 0) is 135 Å². The fraction of sp³-hybridized carbons (Fsp3) is 0.226. The zero-order valence-electron chi connectivity index (χ0n) is 36.2. The highest BCUT2D eigenvalue weighted by Gasteiger charge is 2.15. The molecule has 0 aromatic heterocycles. The van der Waals surface area contributed by atoms with Gasteiger partial charge in [-0.3, -0.25) is 4.79 Å². The molecule has 0 N–H and O–H groups in total. The summed E-state index contributed by atoms with van der Waals surface area (Å²) in [5.74, 6) is -0.423. The molecule has 0 spiro atoms. The highest BCUT2D eigenvalue weighted by molar-refractivity contribution is 5.95. The Morgan fingerprint density at radius 1 is 0.446 bits per heavy atom. The molecule has 5 rings (SSSR count). The zero-order valence-corrected chi connectivity index (χ0v) is 36.2. The van der Waals surface area contributed by atoms with Crippen molar-refractivity contribution in [2.24, 2.45) is 0 Å². The molecule has 0 saturated heterocycles. The first-order valence-corrected chi connectivity index (χ1v) is 21.4. The summed E-state index contributed by atoms with van der Waals surface area (Å²) in [5.41, 5.74) is 2.65. The van der Waals surface area contributed by atoms with Gasteiger partial charge >= 0.3 is 29.8 Å². The van der Waals surface area contributed by atoms with E-state index in [2.05, 4.69) is 13.2 Å².